The lowest BCUT2D eigenvalue weighted by Gasteiger charge is -2.17. The van der Waals surface area contributed by atoms with E-state index in [1.165, 1.54) is 11.8 Å². The van der Waals surface area contributed by atoms with Crippen molar-refractivity contribution in [3.05, 3.63) is 35.4 Å². The van der Waals surface area contributed by atoms with Crippen LogP contribution in [0.2, 0.25) is 0 Å². The van der Waals surface area contributed by atoms with Crippen LogP contribution in [0, 0.1) is 12.8 Å². The van der Waals surface area contributed by atoms with E-state index < -0.39 is 0 Å². The fourth-order valence-corrected chi connectivity index (χ4v) is 2.42. The van der Waals surface area contributed by atoms with Crippen LogP contribution in [-0.4, -0.2) is 22.9 Å². The van der Waals surface area contributed by atoms with Gasteiger partial charge in [-0.2, -0.15) is 0 Å². The Bertz CT molecular complexity index is 439. The van der Waals surface area contributed by atoms with Crippen LogP contribution in [0.15, 0.2) is 24.3 Å². The molecule has 1 rings (SSSR count). The Kier molecular flexibility index (Phi) is 6.09. The maximum absolute atomic E-state index is 12.1. The van der Waals surface area contributed by atoms with Crippen molar-refractivity contribution < 1.29 is 14.3 Å². The molecule has 19 heavy (non-hydrogen) atoms. The molecule has 0 saturated heterocycles. The quantitative estimate of drug-likeness (QED) is 0.775. The average Bonchev–Trinajstić information content (AvgIpc) is 2.38. The fourth-order valence-electron chi connectivity index (χ4n) is 1.49. The molecular weight excluding hydrogens is 260 g/mol. The van der Waals surface area contributed by atoms with Gasteiger partial charge in [-0.05, 0) is 13.8 Å². The lowest BCUT2D eigenvalue weighted by atomic mass is 10.1. The molecule has 0 spiro atoms. The predicted octanol–water partition coefficient (Wildman–Crippen LogP) is 3.46. The summed E-state index contributed by atoms with van der Waals surface area (Å²) in [4.78, 5) is 23.7. The second kappa shape index (κ2) is 7.34. The molecule has 4 heteroatoms. The van der Waals surface area contributed by atoms with E-state index in [-0.39, 0.29) is 22.3 Å². The third kappa shape index (κ3) is 4.71. The van der Waals surface area contributed by atoms with Crippen LogP contribution in [0.1, 0.15) is 36.7 Å². The highest BCUT2D eigenvalue weighted by Gasteiger charge is 2.24. The fraction of sp³-hybridized carbons (Fsp3) is 0.467. The zero-order chi connectivity index (χ0) is 14.4. The summed E-state index contributed by atoms with van der Waals surface area (Å²) in [6.45, 7) is 7.79. The Morgan fingerprint density at radius 3 is 2.32 bits per heavy atom. The van der Waals surface area contributed by atoms with Crippen LogP contribution < -0.4 is 0 Å². The molecule has 0 aromatic heterocycles. The van der Waals surface area contributed by atoms with Crippen LogP contribution in [-0.2, 0) is 9.53 Å². The number of aryl methyl sites for hydroxylation is 1. The Morgan fingerprint density at radius 1 is 1.21 bits per heavy atom. The zero-order valence-electron chi connectivity index (χ0n) is 11.8. The summed E-state index contributed by atoms with van der Waals surface area (Å²) in [6.07, 6.45) is 0. The number of ether oxygens (including phenoxy) is 1. The summed E-state index contributed by atoms with van der Waals surface area (Å²) in [5.74, 6) is -0.543. The van der Waals surface area contributed by atoms with Crippen molar-refractivity contribution in [2.45, 2.75) is 32.9 Å². The molecule has 0 heterocycles. The molecule has 0 radical (unpaired) electrons. The monoisotopic (exact) mass is 280 g/mol. The first-order chi connectivity index (χ1) is 8.95. The molecule has 3 nitrogen and oxygen atoms in total. The van der Waals surface area contributed by atoms with E-state index in [2.05, 4.69) is 0 Å². The second-order valence-corrected chi connectivity index (χ2v) is 5.87. The van der Waals surface area contributed by atoms with Crippen molar-refractivity contribution in [1.82, 2.24) is 0 Å². The Hall–Kier alpha value is -1.29. The van der Waals surface area contributed by atoms with Crippen molar-refractivity contribution >= 4 is 22.8 Å². The maximum atomic E-state index is 12.1. The van der Waals surface area contributed by atoms with Gasteiger partial charge in [0.05, 0.1) is 12.5 Å². The number of hydrogen-bond acceptors (Lipinski definition) is 4. The lowest BCUT2D eigenvalue weighted by Crippen LogP contribution is -2.24. The van der Waals surface area contributed by atoms with Gasteiger partial charge < -0.3 is 4.74 Å². The van der Waals surface area contributed by atoms with E-state index in [9.17, 15) is 9.59 Å². The maximum Gasteiger partial charge on any atom is 0.309 e. The molecule has 2 unspecified atom stereocenters. The number of esters is 1. The smallest absolute Gasteiger partial charge is 0.309 e. The van der Waals surface area contributed by atoms with E-state index in [4.69, 9.17) is 4.74 Å². The van der Waals surface area contributed by atoms with Gasteiger partial charge in [0.15, 0.2) is 0 Å². The minimum atomic E-state index is -0.292. The number of carbonyl (C=O) groups is 2. The van der Waals surface area contributed by atoms with Crippen molar-refractivity contribution in [2.75, 3.05) is 6.61 Å². The third-order valence-corrected chi connectivity index (χ3v) is 4.17. The summed E-state index contributed by atoms with van der Waals surface area (Å²) in [5.41, 5.74) is 1.79. The topological polar surface area (TPSA) is 43.4 Å². The van der Waals surface area contributed by atoms with Gasteiger partial charge in [-0.25, -0.2) is 0 Å². The molecule has 0 bridgehead atoms. The number of thioether (sulfide) groups is 1. The van der Waals surface area contributed by atoms with Gasteiger partial charge in [-0.1, -0.05) is 55.4 Å². The number of rotatable bonds is 5. The molecule has 0 saturated carbocycles. The first-order valence-corrected chi connectivity index (χ1v) is 7.28. The average molecular weight is 280 g/mol. The SMILES string of the molecule is CCOC(=O)C(C)C(C)SC(=O)c1ccc(C)cc1. The normalized spacial score (nSPS) is 13.7. The second-order valence-electron chi connectivity index (χ2n) is 4.52. The predicted molar refractivity (Wildman–Crippen MR) is 78.4 cm³/mol. The van der Waals surface area contributed by atoms with E-state index in [1.807, 2.05) is 38.1 Å². The zero-order valence-corrected chi connectivity index (χ0v) is 12.6. The number of carbonyl (C=O) groups excluding carboxylic acids is 2. The van der Waals surface area contributed by atoms with Gasteiger partial charge >= 0.3 is 5.97 Å². The van der Waals surface area contributed by atoms with Crippen molar-refractivity contribution in [1.29, 1.82) is 0 Å². The molecule has 1 aromatic carbocycles. The number of hydrogen-bond donors (Lipinski definition) is 0. The van der Waals surface area contributed by atoms with Gasteiger partial charge in [0.1, 0.15) is 0 Å². The minimum absolute atomic E-state index is 0.0105. The molecule has 0 fully saturated rings. The summed E-state index contributed by atoms with van der Waals surface area (Å²) < 4.78 is 4.96. The van der Waals surface area contributed by atoms with Crippen LogP contribution in [0.25, 0.3) is 0 Å². The van der Waals surface area contributed by atoms with Crippen LogP contribution in [0.5, 0.6) is 0 Å². The molecule has 0 N–H and O–H groups in total. The van der Waals surface area contributed by atoms with Crippen LogP contribution >= 0.6 is 11.8 Å². The molecule has 1 aromatic rings. The third-order valence-electron chi connectivity index (χ3n) is 2.94. The summed E-state index contributed by atoms with van der Waals surface area (Å²) in [7, 11) is 0. The minimum Gasteiger partial charge on any atom is -0.466 e. The van der Waals surface area contributed by atoms with Gasteiger partial charge in [-0.3, -0.25) is 9.59 Å². The Balaban J connectivity index is 2.61. The first-order valence-electron chi connectivity index (χ1n) is 6.40. The molecule has 2 atom stereocenters. The summed E-state index contributed by atoms with van der Waals surface area (Å²) in [6, 6.07) is 7.44. The number of benzene rings is 1. The highest BCUT2D eigenvalue weighted by molar-refractivity contribution is 8.14. The Labute approximate surface area is 118 Å². The largest absolute Gasteiger partial charge is 0.466 e. The van der Waals surface area contributed by atoms with E-state index >= 15 is 0 Å². The highest BCUT2D eigenvalue weighted by Crippen LogP contribution is 2.24. The van der Waals surface area contributed by atoms with Crippen molar-refractivity contribution in [3.8, 4) is 0 Å². The van der Waals surface area contributed by atoms with Gasteiger partial charge in [0, 0.05) is 10.8 Å². The van der Waals surface area contributed by atoms with Crippen molar-refractivity contribution in [3.63, 3.8) is 0 Å². The molecule has 0 aliphatic carbocycles. The summed E-state index contributed by atoms with van der Waals surface area (Å²) >= 11 is 1.18. The van der Waals surface area contributed by atoms with E-state index in [0.717, 1.165) is 5.56 Å². The van der Waals surface area contributed by atoms with E-state index in [1.54, 1.807) is 13.8 Å². The lowest BCUT2D eigenvalue weighted by molar-refractivity contribution is -0.147. The summed E-state index contributed by atoms with van der Waals surface area (Å²) in [5, 5.41) is -0.114. The van der Waals surface area contributed by atoms with Gasteiger partial charge in [0.2, 0.25) is 5.12 Å². The first kappa shape index (κ1) is 15.8. The molecular formula is C15H20O3S. The van der Waals surface area contributed by atoms with Crippen LogP contribution in [0.4, 0.5) is 0 Å². The van der Waals surface area contributed by atoms with Crippen molar-refractivity contribution in [2.24, 2.45) is 5.92 Å². The standard InChI is InChI=1S/C15H20O3S/c1-5-18-14(16)11(3)12(4)19-15(17)13-8-6-10(2)7-9-13/h6-9,11-12H,5H2,1-4H3. The molecule has 0 aliphatic rings. The molecule has 0 amide bonds. The Morgan fingerprint density at radius 2 is 1.79 bits per heavy atom. The molecule has 104 valence electrons. The van der Waals surface area contributed by atoms with E-state index in [0.29, 0.717) is 12.2 Å². The highest BCUT2D eigenvalue weighted by atomic mass is 32.2. The molecule has 0 aliphatic heterocycles. The van der Waals surface area contributed by atoms with Crippen LogP contribution in [0.3, 0.4) is 0 Å². The van der Waals surface area contributed by atoms with Gasteiger partial charge in [-0.15, -0.1) is 0 Å². The van der Waals surface area contributed by atoms with Gasteiger partial charge in [0.25, 0.3) is 0 Å².